The fraction of sp³-hybridized carbons (Fsp3) is 0.467. The number of ether oxygens (including phenoxy) is 2. The number of hydrogen-bond acceptors (Lipinski definition) is 4. The van der Waals surface area contributed by atoms with Gasteiger partial charge in [-0.3, -0.25) is 9.59 Å². The van der Waals surface area contributed by atoms with Crippen LogP contribution in [-0.2, 0) is 20.7 Å². The Morgan fingerprint density at radius 2 is 2.10 bits per heavy atom. The fourth-order valence-corrected chi connectivity index (χ4v) is 2.22. The van der Waals surface area contributed by atoms with Gasteiger partial charge in [-0.15, -0.1) is 0 Å². The lowest BCUT2D eigenvalue weighted by molar-refractivity contribution is -0.150. The summed E-state index contributed by atoms with van der Waals surface area (Å²) in [7, 11) is 1.31. The van der Waals surface area contributed by atoms with Crippen molar-refractivity contribution in [3.63, 3.8) is 0 Å². The summed E-state index contributed by atoms with van der Waals surface area (Å²) in [5.41, 5.74) is 1.02. The van der Waals surface area contributed by atoms with Gasteiger partial charge in [0.25, 0.3) is 5.91 Å². The Morgan fingerprint density at radius 3 is 2.70 bits per heavy atom. The lowest BCUT2D eigenvalue weighted by Gasteiger charge is -2.27. The standard InChI is InChI=1S/C15H19NO4/c1-10(2)16(9-14(17)19-3)15(18)13-8-11-6-4-5-7-12(11)20-13/h4-7,10,13H,8-9H2,1-3H3. The van der Waals surface area contributed by atoms with Crippen LogP contribution in [0, 0.1) is 0 Å². The van der Waals surface area contributed by atoms with E-state index in [1.165, 1.54) is 12.0 Å². The molecular weight excluding hydrogens is 258 g/mol. The lowest BCUT2D eigenvalue weighted by atomic mass is 10.1. The molecule has 0 fully saturated rings. The van der Waals surface area contributed by atoms with Gasteiger partial charge in [0.1, 0.15) is 12.3 Å². The van der Waals surface area contributed by atoms with Crippen molar-refractivity contribution in [2.75, 3.05) is 13.7 Å². The number of methoxy groups -OCH3 is 1. The van der Waals surface area contributed by atoms with E-state index >= 15 is 0 Å². The summed E-state index contributed by atoms with van der Waals surface area (Å²) in [6.07, 6.45) is -0.0150. The van der Waals surface area contributed by atoms with Gasteiger partial charge in [0.05, 0.1) is 7.11 Å². The van der Waals surface area contributed by atoms with Crippen LogP contribution in [0.1, 0.15) is 19.4 Å². The maximum atomic E-state index is 12.5. The Morgan fingerprint density at radius 1 is 1.40 bits per heavy atom. The summed E-state index contributed by atoms with van der Waals surface area (Å²) in [5, 5.41) is 0. The van der Waals surface area contributed by atoms with Crippen molar-refractivity contribution in [3.8, 4) is 5.75 Å². The van der Waals surface area contributed by atoms with Gasteiger partial charge in [-0.2, -0.15) is 0 Å². The van der Waals surface area contributed by atoms with Gasteiger partial charge in [-0.05, 0) is 25.5 Å². The number of amides is 1. The van der Waals surface area contributed by atoms with Crippen molar-refractivity contribution in [2.24, 2.45) is 0 Å². The summed E-state index contributed by atoms with van der Waals surface area (Å²) < 4.78 is 10.3. The van der Waals surface area contributed by atoms with Gasteiger partial charge >= 0.3 is 5.97 Å². The molecule has 108 valence electrons. The van der Waals surface area contributed by atoms with E-state index in [1.54, 1.807) is 0 Å². The van der Waals surface area contributed by atoms with Crippen LogP contribution in [-0.4, -0.2) is 42.6 Å². The molecule has 1 aromatic rings. The predicted molar refractivity (Wildman–Crippen MR) is 73.4 cm³/mol. The Bertz CT molecular complexity index is 487. The fourth-order valence-electron chi connectivity index (χ4n) is 2.22. The Hall–Kier alpha value is -2.04. The molecule has 1 aliphatic rings. The molecule has 0 aliphatic carbocycles. The first-order valence-corrected chi connectivity index (χ1v) is 6.64. The number of nitrogens with zero attached hydrogens (tertiary/aromatic N) is 1. The number of carbonyl (C=O) groups excluding carboxylic acids is 2. The van der Waals surface area contributed by atoms with Gasteiger partial charge in [0, 0.05) is 12.5 Å². The molecule has 5 heteroatoms. The maximum Gasteiger partial charge on any atom is 0.325 e. The highest BCUT2D eigenvalue weighted by Gasteiger charge is 2.34. The zero-order valence-corrected chi connectivity index (χ0v) is 12.0. The highest BCUT2D eigenvalue weighted by Crippen LogP contribution is 2.29. The number of hydrogen-bond donors (Lipinski definition) is 0. The van der Waals surface area contributed by atoms with E-state index in [9.17, 15) is 9.59 Å². The molecule has 1 aromatic carbocycles. The Kier molecular flexibility index (Phi) is 4.27. The van der Waals surface area contributed by atoms with E-state index in [2.05, 4.69) is 4.74 Å². The van der Waals surface area contributed by atoms with Gasteiger partial charge < -0.3 is 14.4 Å². The average Bonchev–Trinajstić information content (AvgIpc) is 2.87. The summed E-state index contributed by atoms with van der Waals surface area (Å²) in [6.45, 7) is 3.68. The molecular formula is C15H19NO4. The number of carbonyl (C=O) groups is 2. The first-order chi connectivity index (χ1) is 9.52. The smallest absolute Gasteiger partial charge is 0.325 e. The molecule has 1 unspecified atom stereocenters. The SMILES string of the molecule is COC(=O)CN(C(=O)C1Cc2ccccc2O1)C(C)C. The van der Waals surface area contributed by atoms with Crippen LogP contribution in [0.15, 0.2) is 24.3 Å². The molecule has 1 atom stereocenters. The second-order valence-electron chi connectivity index (χ2n) is 5.05. The largest absolute Gasteiger partial charge is 0.480 e. The molecule has 1 aliphatic heterocycles. The van der Waals surface area contributed by atoms with E-state index < -0.39 is 12.1 Å². The Balaban J connectivity index is 2.08. The lowest BCUT2D eigenvalue weighted by Crippen LogP contribution is -2.47. The van der Waals surface area contributed by atoms with Crippen LogP contribution in [0.5, 0.6) is 5.75 Å². The number of fused-ring (bicyclic) bond motifs is 1. The van der Waals surface area contributed by atoms with Crippen LogP contribution in [0.25, 0.3) is 0 Å². The van der Waals surface area contributed by atoms with Crippen LogP contribution in [0.4, 0.5) is 0 Å². The second kappa shape index (κ2) is 5.94. The molecule has 20 heavy (non-hydrogen) atoms. The number of esters is 1. The van der Waals surface area contributed by atoms with Crippen molar-refractivity contribution in [1.82, 2.24) is 4.90 Å². The summed E-state index contributed by atoms with van der Waals surface area (Å²) in [4.78, 5) is 25.4. The van der Waals surface area contributed by atoms with Crippen LogP contribution >= 0.6 is 0 Å². The first-order valence-electron chi connectivity index (χ1n) is 6.64. The highest BCUT2D eigenvalue weighted by atomic mass is 16.5. The normalized spacial score (nSPS) is 16.5. The third-order valence-electron chi connectivity index (χ3n) is 3.36. The van der Waals surface area contributed by atoms with Crippen molar-refractivity contribution in [3.05, 3.63) is 29.8 Å². The molecule has 2 rings (SSSR count). The monoisotopic (exact) mass is 277 g/mol. The van der Waals surface area contributed by atoms with Crippen molar-refractivity contribution < 1.29 is 19.1 Å². The zero-order chi connectivity index (χ0) is 14.7. The quantitative estimate of drug-likeness (QED) is 0.781. The molecule has 0 bridgehead atoms. The molecule has 0 aromatic heterocycles. The van der Waals surface area contributed by atoms with E-state index in [-0.39, 0.29) is 18.5 Å². The summed E-state index contributed by atoms with van der Waals surface area (Å²) in [5.74, 6) is 0.136. The predicted octanol–water partition coefficient (Wildman–Crippen LogP) is 1.40. The summed E-state index contributed by atoms with van der Waals surface area (Å²) in [6, 6.07) is 7.50. The second-order valence-corrected chi connectivity index (χ2v) is 5.05. The minimum atomic E-state index is -0.556. The third kappa shape index (κ3) is 2.92. The van der Waals surface area contributed by atoms with Gasteiger partial charge in [0.2, 0.25) is 0 Å². The van der Waals surface area contributed by atoms with Crippen LogP contribution in [0.3, 0.4) is 0 Å². The van der Waals surface area contributed by atoms with Gasteiger partial charge in [-0.25, -0.2) is 0 Å². The number of para-hydroxylation sites is 1. The molecule has 0 saturated carbocycles. The third-order valence-corrected chi connectivity index (χ3v) is 3.36. The van der Waals surface area contributed by atoms with Gasteiger partial charge in [-0.1, -0.05) is 18.2 Å². The summed E-state index contributed by atoms with van der Waals surface area (Å²) >= 11 is 0. The van der Waals surface area contributed by atoms with Crippen LogP contribution in [0.2, 0.25) is 0 Å². The van der Waals surface area contributed by atoms with Crippen LogP contribution < -0.4 is 4.74 Å². The molecule has 1 heterocycles. The zero-order valence-electron chi connectivity index (χ0n) is 12.0. The topological polar surface area (TPSA) is 55.8 Å². The Labute approximate surface area is 118 Å². The van der Waals surface area contributed by atoms with Gasteiger partial charge in [0.15, 0.2) is 6.10 Å². The van der Waals surface area contributed by atoms with E-state index in [1.807, 2.05) is 38.1 Å². The van der Waals surface area contributed by atoms with E-state index in [0.717, 1.165) is 11.3 Å². The molecule has 0 radical (unpaired) electrons. The molecule has 5 nitrogen and oxygen atoms in total. The molecule has 0 saturated heterocycles. The minimum absolute atomic E-state index is 0.0524. The van der Waals surface area contributed by atoms with Crippen molar-refractivity contribution >= 4 is 11.9 Å². The number of rotatable bonds is 4. The minimum Gasteiger partial charge on any atom is -0.480 e. The van der Waals surface area contributed by atoms with Crippen molar-refractivity contribution in [2.45, 2.75) is 32.4 Å². The van der Waals surface area contributed by atoms with E-state index in [4.69, 9.17) is 4.74 Å². The molecule has 0 spiro atoms. The first kappa shape index (κ1) is 14.4. The number of benzene rings is 1. The maximum absolute atomic E-state index is 12.5. The average molecular weight is 277 g/mol. The molecule has 1 amide bonds. The van der Waals surface area contributed by atoms with Crippen molar-refractivity contribution in [1.29, 1.82) is 0 Å². The molecule has 0 N–H and O–H groups in total. The van der Waals surface area contributed by atoms with E-state index in [0.29, 0.717) is 6.42 Å². The highest BCUT2D eigenvalue weighted by molar-refractivity contribution is 5.86.